The van der Waals surface area contributed by atoms with Crippen molar-refractivity contribution in [2.24, 2.45) is 0 Å². The predicted molar refractivity (Wildman–Crippen MR) is 134 cm³/mol. The van der Waals surface area contributed by atoms with E-state index in [4.69, 9.17) is 11.6 Å². The van der Waals surface area contributed by atoms with E-state index in [0.717, 1.165) is 23.4 Å². The molecule has 8 nitrogen and oxygen atoms in total. The maximum Gasteiger partial charge on any atom is 0.272 e. The van der Waals surface area contributed by atoms with Gasteiger partial charge >= 0.3 is 0 Å². The summed E-state index contributed by atoms with van der Waals surface area (Å²) in [5.41, 5.74) is 5.45. The summed E-state index contributed by atoms with van der Waals surface area (Å²) in [6, 6.07) is 11.1. The van der Waals surface area contributed by atoms with Gasteiger partial charge in [0.25, 0.3) is 5.91 Å². The molecular formula is C25H26ClFN6O2. The lowest BCUT2D eigenvalue weighted by Gasteiger charge is -2.25. The third-order valence-electron chi connectivity index (χ3n) is 5.87. The van der Waals surface area contributed by atoms with Crippen molar-refractivity contribution in [2.45, 2.75) is 39.0 Å². The zero-order valence-electron chi connectivity index (χ0n) is 19.7. The van der Waals surface area contributed by atoms with E-state index in [2.05, 4.69) is 39.9 Å². The highest BCUT2D eigenvalue weighted by molar-refractivity contribution is 6.32. The first kappa shape index (κ1) is 24.4. The number of aromatic nitrogens is 2. The zero-order chi connectivity index (χ0) is 25.2. The smallest absolute Gasteiger partial charge is 0.272 e. The van der Waals surface area contributed by atoms with Crippen molar-refractivity contribution >= 4 is 46.6 Å². The molecule has 0 unspecified atom stereocenters. The number of nitrogens with zero attached hydrogens (tertiary/aromatic N) is 3. The highest BCUT2D eigenvalue weighted by atomic mass is 35.5. The van der Waals surface area contributed by atoms with Crippen molar-refractivity contribution in [3.63, 3.8) is 0 Å². The minimum absolute atomic E-state index is 0.00236. The van der Waals surface area contributed by atoms with E-state index in [1.807, 2.05) is 18.2 Å². The molecular weight excluding hydrogens is 471 g/mol. The third-order valence-corrected chi connectivity index (χ3v) is 6.15. The number of benzene rings is 2. The highest BCUT2D eigenvalue weighted by Crippen LogP contribution is 2.38. The van der Waals surface area contributed by atoms with Crippen molar-refractivity contribution in [3.8, 4) is 0 Å². The summed E-state index contributed by atoms with van der Waals surface area (Å²) in [6.07, 6.45) is 2.61. The van der Waals surface area contributed by atoms with Gasteiger partial charge in [0.05, 0.1) is 6.20 Å². The van der Waals surface area contributed by atoms with Crippen molar-refractivity contribution < 1.29 is 14.0 Å². The Labute approximate surface area is 207 Å². The van der Waals surface area contributed by atoms with E-state index in [-0.39, 0.29) is 40.2 Å². The fourth-order valence-corrected chi connectivity index (χ4v) is 4.01. The zero-order valence-corrected chi connectivity index (χ0v) is 20.4. The number of halogens is 2. The summed E-state index contributed by atoms with van der Waals surface area (Å²) in [7, 11) is 0. The van der Waals surface area contributed by atoms with Gasteiger partial charge in [-0.15, -0.1) is 0 Å². The molecule has 0 atom stereocenters. The van der Waals surface area contributed by atoms with E-state index in [1.165, 1.54) is 35.5 Å². The van der Waals surface area contributed by atoms with Gasteiger partial charge < -0.3 is 10.6 Å². The lowest BCUT2D eigenvalue weighted by molar-refractivity contribution is -0.116. The van der Waals surface area contributed by atoms with E-state index >= 15 is 0 Å². The molecule has 2 aromatic carbocycles. The second-order valence-electron chi connectivity index (χ2n) is 8.88. The number of hydrazine groups is 1. The Morgan fingerprint density at radius 3 is 2.80 bits per heavy atom. The molecule has 35 heavy (non-hydrogen) atoms. The molecule has 0 fully saturated rings. The second kappa shape index (κ2) is 9.87. The monoisotopic (exact) mass is 496 g/mol. The van der Waals surface area contributed by atoms with Crippen LogP contribution in [0.4, 0.5) is 27.5 Å². The van der Waals surface area contributed by atoms with Crippen LogP contribution in [-0.4, -0.2) is 33.3 Å². The molecule has 182 valence electrons. The van der Waals surface area contributed by atoms with Gasteiger partial charge in [0, 0.05) is 29.9 Å². The van der Waals surface area contributed by atoms with Crippen LogP contribution in [0.3, 0.4) is 0 Å². The quantitative estimate of drug-likeness (QED) is 0.389. The van der Waals surface area contributed by atoms with Crippen LogP contribution in [-0.2, 0) is 10.2 Å². The van der Waals surface area contributed by atoms with E-state index in [0.29, 0.717) is 6.42 Å². The Balaban J connectivity index is 1.56. The molecule has 1 aromatic heterocycles. The number of hydrogen-bond donors (Lipinski definition) is 3. The summed E-state index contributed by atoms with van der Waals surface area (Å²) in [5, 5.41) is 7.63. The average molecular weight is 497 g/mol. The molecule has 1 aliphatic heterocycles. The number of carbonyl (C=O) groups excluding carboxylic acids is 2. The largest absolute Gasteiger partial charge is 0.326 e. The number of anilines is 4. The number of nitrogens with one attached hydrogen (secondary N) is 3. The fourth-order valence-electron chi connectivity index (χ4n) is 3.88. The molecule has 0 saturated heterocycles. The molecule has 2 heterocycles. The van der Waals surface area contributed by atoms with Crippen LogP contribution in [0.1, 0.15) is 49.5 Å². The predicted octanol–water partition coefficient (Wildman–Crippen LogP) is 5.51. The van der Waals surface area contributed by atoms with Gasteiger partial charge in [0.2, 0.25) is 11.9 Å². The molecule has 3 N–H and O–H groups in total. The number of fused-ring (bicyclic) bond motifs is 1. The van der Waals surface area contributed by atoms with Crippen LogP contribution in [0.25, 0.3) is 0 Å². The molecule has 0 bridgehead atoms. The van der Waals surface area contributed by atoms with Crippen LogP contribution < -0.4 is 16.1 Å². The maximum atomic E-state index is 13.6. The highest BCUT2D eigenvalue weighted by Gasteiger charge is 2.29. The molecule has 0 aliphatic carbocycles. The first-order valence-electron chi connectivity index (χ1n) is 11.2. The topological polar surface area (TPSA) is 99.2 Å². The SMILES string of the molecule is CCN(Nc1nc(Nc2ccc3c(c2)C(C)(C)CCC(=O)N3)ncc1Cl)C(=O)c1cccc(F)c1. The Morgan fingerprint density at radius 2 is 2.06 bits per heavy atom. The van der Waals surface area contributed by atoms with Crippen LogP contribution in [0.15, 0.2) is 48.7 Å². The summed E-state index contributed by atoms with van der Waals surface area (Å²) in [6.45, 7) is 6.26. The lowest BCUT2D eigenvalue weighted by Crippen LogP contribution is -2.36. The standard InChI is InChI=1S/C25H26ClFN6O2/c1-4-33(23(35)15-6-5-7-16(27)12-15)32-22-19(26)14-28-24(31-22)29-17-8-9-20-18(13-17)25(2,3)11-10-21(34)30-20/h5-9,12-14H,4,10-11H2,1-3H3,(H,30,34)(H2,28,29,31,32). The lowest BCUT2D eigenvalue weighted by atomic mass is 9.80. The van der Waals surface area contributed by atoms with Gasteiger partial charge in [-0.2, -0.15) is 4.98 Å². The van der Waals surface area contributed by atoms with Gasteiger partial charge in [-0.3, -0.25) is 20.0 Å². The van der Waals surface area contributed by atoms with Gasteiger partial charge in [-0.25, -0.2) is 9.37 Å². The number of carbonyl (C=O) groups is 2. The summed E-state index contributed by atoms with van der Waals surface area (Å²) >= 11 is 6.29. The number of hydrogen-bond acceptors (Lipinski definition) is 6. The normalized spacial score (nSPS) is 14.4. The fraction of sp³-hybridized carbons (Fsp3) is 0.280. The van der Waals surface area contributed by atoms with Crippen LogP contribution in [0, 0.1) is 5.82 Å². The number of rotatable bonds is 6. The van der Waals surface area contributed by atoms with E-state index in [9.17, 15) is 14.0 Å². The van der Waals surface area contributed by atoms with E-state index < -0.39 is 11.7 Å². The van der Waals surface area contributed by atoms with Crippen molar-refractivity contribution in [1.82, 2.24) is 15.0 Å². The Morgan fingerprint density at radius 1 is 1.26 bits per heavy atom. The van der Waals surface area contributed by atoms with Gasteiger partial charge in [-0.05, 0) is 60.7 Å². The molecule has 10 heteroatoms. The Hall–Kier alpha value is -3.72. The van der Waals surface area contributed by atoms with Crippen LogP contribution >= 0.6 is 11.6 Å². The summed E-state index contributed by atoms with van der Waals surface area (Å²) in [4.78, 5) is 33.5. The van der Waals surface area contributed by atoms with Gasteiger partial charge in [-0.1, -0.05) is 31.5 Å². The molecule has 0 radical (unpaired) electrons. The molecule has 3 aromatic rings. The minimum atomic E-state index is -0.498. The molecule has 4 rings (SSSR count). The summed E-state index contributed by atoms with van der Waals surface area (Å²) in [5.74, 6) is -0.435. The minimum Gasteiger partial charge on any atom is -0.326 e. The summed E-state index contributed by atoms with van der Waals surface area (Å²) < 4.78 is 13.6. The van der Waals surface area contributed by atoms with Gasteiger partial charge in [0.1, 0.15) is 10.8 Å². The van der Waals surface area contributed by atoms with Crippen molar-refractivity contribution in [3.05, 3.63) is 70.6 Å². The van der Waals surface area contributed by atoms with E-state index in [1.54, 1.807) is 6.92 Å². The molecule has 1 aliphatic rings. The first-order valence-corrected chi connectivity index (χ1v) is 11.6. The Bertz CT molecular complexity index is 1280. The molecule has 2 amide bonds. The Kier molecular flexibility index (Phi) is 6.88. The number of amides is 2. The molecule has 0 spiro atoms. The average Bonchev–Trinajstić information content (AvgIpc) is 2.94. The van der Waals surface area contributed by atoms with Gasteiger partial charge in [0.15, 0.2) is 5.82 Å². The van der Waals surface area contributed by atoms with Crippen molar-refractivity contribution in [1.29, 1.82) is 0 Å². The third kappa shape index (κ3) is 5.51. The van der Waals surface area contributed by atoms with Crippen LogP contribution in [0.2, 0.25) is 5.02 Å². The molecule has 0 saturated carbocycles. The van der Waals surface area contributed by atoms with Crippen molar-refractivity contribution in [2.75, 3.05) is 22.6 Å². The van der Waals surface area contributed by atoms with Crippen LogP contribution in [0.5, 0.6) is 0 Å². The second-order valence-corrected chi connectivity index (χ2v) is 9.29. The maximum absolute atomic E-state index is 13.6. The first-order chi connectivity index (χ1) is 16.7.